The summed E-state index contributed by atoms with van der Waals surface area (Å²) in [5.41, 5.74) is 0.409. The van der Waals surface area contributed by atoms with Gasteiger partial charge in [-0.25, -0.2) is 0 Å². The number of carbonyl (C=O) groups is 3. The second kappa shape index (κ2) is 10.8. The van der Waals surface area contributed by atoms with E-state index in [1.807, 2.05) is 57.2 Å². The third-order valence-electron chi connectivity index (χ3n) is 6.82. The Hall–Kier alpha value is -3.93. The van der Waals surface area contributed by atoms with Gasteiger partial charge in [-0.1, -0.05) is 67.4 Å². The highest BCUT2D eigenvalue weighted by molar-refractivity contribution is 6.05. The number of hydrogen-bond donors (Lipinski definition) is 0. The molecule has 0 heterocycles. The standard InChI is InChI=1S/C30H30O6/c1-20-12-4-7-16-24(20)34-27(31)23-15-10-11-19-30(23,28(32)35-25-17-8-5-13-21(25)2)29(33)36-26-18-9-6-14-22(26)3/h4-9,12-14,16-18,23H,10-11,15,19H2,1-3H3. The van der Waals surface area contributed by atoms with Crippen LogP contribution in [0.15, 0.2) is 72.8 Å². The van der Waals surface area contributed by atoms with Crippen molar-refractivity contribution < 1.29 is 28.6 Å². The Labute approximate surface area is 211 Å². The van der Waals surface area contributed by atoms with E-state index in [-0.39, 0.29) is 6.42 Å². The minimum Gasteiger partial charge on any atom is -0.426 e. The molecule has 1 fully saturated rings. The molecule has 1 aliphatic rings. The molecule has 1 saturated carbocycles. The van der Waals surface area contributed by atoms with Crippen LogP contribution in [0.4, 0.5) is 0 Å². The maximum absolute atomic E-state index is 13.9. The van der Waals surface area contributed by atoms with Crippen LogP contribution in [0.1, 0.15) is 42.4 Å². The van der Waals surface area contributed by atoms with Crippen molar-refractivity contribution in [1.29, 1.82) is 0 Å². The van der Waals surface area contributed by atoms with E-state index in [0.29, 0.717) is 36.5 Å². The first kappa shape index (κ1) is 25.2. The van der Waals surface area contributed by atoms with Crippen molar-refractivity contribution in [3.05, 3.63) is 89.5 Å². The zero-order chi connectivity index (χ0) is 25.7. The first-order valence-corrected chi connectivity index (χ1v) is 12.2. The van der Waals surface area contributed by atoms with E-state index in [4.69, 9.17) is 14.2 Å². The van der Waals surface area contributed by atoms with Gasteiger partial charge in [-0.2, -0.15) is 0 Å². The smallest absolute Gasteiger partial charge is 0.329 e. The van der Waals surface area contributed by atoms with E-state index in [1.165, 1.54) is 0 Å². The van der Waals surface area contributed by atoms with Gasteiger partial charge in [-0.15, -0.1) is 0 Å². The summed E-state index contributed by atoms with van der Waals surface area (Å²) < 4.78 is 17.3. The monoisotopic (exact) mass is 486 g/mol. The maximum Gasteiger partial charge on any atom is 0.329 e. The van der Waals surface area contributed by atoms with Crippen LogP contribution in [0.5, 0.6) is 17.2 Å². The zero-order valence-corrected chi connectivity index (χ0v) is 20.8. The molecule has 0 saturated heterocycles. The molecule has 0 radical (unpaired) electrons. The summed E-state index contributed by atoms with van der Waals surface area (Å²) in [6, 6.07) is 21.2. The van der Waals surface area contributed by atoms with Gasteiger partial charge in [0.1, 0.15) is 17.2 Å². The van der Waals surface area contributed by atoms with Crippen LogP contribution in [-0.4, -0.2) is 17.9 Å². The second-order valence-corrected chi connectivity index (χ2v) is 9.27. The lowest BCUT2D eigenvalue weighted by Crippen LogP contribution is -2.54. The quantitative estimate of drug-likeness (QED) is 0.245. The molecular formula is C30H30O6. The summed E-state index contributed by atoms with van der Waals surface area (Å²) in [4.78, 5) is 41.3. The van der Waals surface area contributed by atoms with Gasteiger partial charge in [0.15, 0.2) is 5.41 Å². The number of ether oxygens (including phenoxy) is 3. The summed E-state index contributed by atoms with van der Waals surface area (Å²) in [5.74, 6) is -2.25. The van der Waals surface area contributed by atoms with Crippen molar-refractivity contribution in [1.82, 2.24) is 0 Å². The van der Waals surface area contributed by atoms with E-state index >= 15 is 0 Å². The Morgan fingerprint density at radius 1 is 0.639 bits per heavy atom. The Morgan fingerprint density at radius 3 is 1.50 bits per heavy atom. The van der Waals surface area contributed by atoms with Crippen LogP contribution < -0.4 is 14.2 Å². The van der Waals surface area contributed by atoms with Crippen LogP contribution in [0.25, 0.3) is 0 Å². The molecule has 1 unspecified atom stereocenters. The Balaban J connectivity index is 1.74. The third-order valence-corrected chi connectivity index (χ3v) is 6.82. The highest BCUT2D eigenvalue weighted by Gasteiger charge is 2.59. The van der Waals surface area contributed by atoms with Crippen molar-refractivity contribution in [3.8, 4) is 17.2 Å². The molecule has 3 aromatic carbocycles. The highest BCUT2D eigenvalue weighted by atomic mass is 16.6. The van der Waals surface area contributed by atoms with Crippen molar-refractivity contribution >= 4 is 17.9 Å². The van der Waals surface area contributed by atoms with E-state index in [0.717, 1.165) is 16.7 Å². The molecule has 0 spiro atoms. The van der Waals surface area contributed by atoms with Crippen LogP contribution >= 0.6 is 0 Å². The topological polar surface area (TPSA) is 78.9 Å². The number of aryl methyl sites for hydroxylation is 3. The van der Waals surface area contributed by atoms with E-state index in [9.17, 15) is 14.4 Å². The largest absolute Gasteiger partial charge is 0.426 e. The third kappa shape index (κ3) is 5.03. The van der Waals surface area contributed by atoms with Crippen molar-refractivity contribution in [2.75, 3.05) is 0 Å². The minimum atomic E-state index is -1.84. The van der Waals surface area contributed by atoms with Gasteiger partial charge in [-0.05, 0) is 68.5 Å². The van der Waals surface area contributed by atoms with Gasteiger partial charge in [0.2, 0.25) is 0 Å². The van der Waals surface area contributed by atoms with Crippen LogP contribution in [0.2, 0.25) is 0 Å². The van der Waals surface area contributed by atoms with Crippen molar-refractivity contribution in [2.45, 2.75) is 46.5 Å². The lowest BCUT2D eigenvalue weighted by Gasteiger charge is -2.38. The fourth-order valence-corrected chi connectivity index (χ4v) is 4.64. The second-order valence-electron chi connectivity index (χ2n) is 9.27. The van der Waals surface area contributed by atoms with Crippen molar-refractivity contribution in [2.24, 2.45) is 11.3 Å². The van der Waals surface area contributed by atoms with Crippen LogP contribution in [0, 0.1) is 32.1 Å². The highest BCUT2D eigenvalue weighted by Crippen LogP contribution is 2.45. The number of benzene rings is 3. The predicted octanol–water partition coefficient (Wildman–Crippen LogP) is 5.91. The molecular weight excluding hydrogens is 456 g/mol. The first-order chi connectivity index (χ1) is 17.3. The average Bonchev–Trinajstić information content (AvgIpc) is 2.88. The zero-order valence-electron chi connectivity index (χ0n) is 20.8. The predicted molar refractivity (Wildman–Crippen MR) is 135 cm³/mol. The fraction of sp³-hybridized carbons (Fsp3) is 0.300. The summed E-state index contributed by atoms with van der Waals surface area (Å²) >= 11 is 0. The van der Waals surface area contributed by atoms with Crippen LogP contribution in [0.3, 0.4) is 0 Å². The molecule has 0 amide bonds. The lowest BCUT2D eigenvalue weighted by molar-refractivity contribution is -0.175. The minimum absolute atomic E-state index is 0.121. The molecule has 3 aromatic rings. The Bertz CT molecular complexity index is 1220. The Kier molecular flexibility index (Phi) is 7.53. The van der Waals surface area contributed by atoms with E-state index < -0.39 is 29.2 Å². The summed E-state index contributed by atoms with van der Waals surface area (Å²) in [5, 5.41) is 0. The molecule has 0 aliphatic heterocycles. The number of para-hydroxylation sites is 3. The number of hydrogen-bond acceptors (Lipinski definition) is 6. The van der Waals surface area contributed by atoms with Crippen LogP contribution in [-0.2, 0) is 14.4 Å². The van der Waals surface area contributed by atoms with Crippen molar-refractivity contribution in [3.63, 3.8) is 0 Å². The molecule has 36 heavy (non-hydrogen) atoms. The molecule has 0 aromatic heterocycles. The molecule has 0 bridgehead atoms. The molecule has 4 rings (SSSR count). The van der Waals surface area contributed by atoms with E-state index in [2.05, 4.69) is 0 Å². The molecule has 1 aliphatic carbocycles. The number of rotatable bonds is 6. The molecule has 186 valence electrons. The molecule has 6 heteroatoms. The molecule has 6 nitrogen and oxygen atoms in total. The number of esters is 3. The first-order valence-electron chi connectivity index (χ1n) is 12.2. The number of carbonyl (C=O) groups excluding carboxylic acids is 3. The average molecular weight is 487 g/mol. The van der Waals surface area contributed by atoms with Gasteiger partial charge in [0.25, 0.3) is 0 Å². The van der Waals surface area contributed by atoms with Gasteiger partial charge < -0.3 is 14.2 Å². The molecule has 0 N–H and O–H groups in total. The summed E-state index contributed by atoms with van der Waals surface area (Å²) in [7, 11) is 0. The lowest BCUT2D eigenvalue weighted by atomic mass is 9.66. The van der Waals surface area contributed by atoms with Gasteiger partial charge in [-0.3, -0.25) is 14.4 Å². The molecule has 1 atom stereocenters. The fourth-order valence-electron chi connectivity index (χ4n) is 4.64. The van der Waals surface area contributed by atoms with Gasteiger partial charge >= 0.3 is 17.9 Å². The SMILES string of the molecule is Cc1ccccc1OC(=O)C1CCCCC1(C(=O)Oc1ccccc1C)C(=O)Oc1ccccc1C. The summed E-state index contributed by atoms with van der Waals surface area (Å²) in [6.07, 6.45) is 1.66. The normalized spacial score (nSPS) is 16.6. The van der Waals surface area contributed by atoms with E-state index in [1.54, 1.807) is 36.4 Å². The summed E-state index contributed by atoms with van der Waals surface area (Å²) in [6.45, 7) is 5.45. The Morgan fingerprint density at radius 2 is 1.06 bits per heavy atom. The van der Waals surface area contributed by atoms with Gasteiger partial charge in [0.05, 0.1) is 5.92 Å². The maximum atomic E-state index is 13.9. The van der Waals surface area contributed by atoms with Gasteiger partial charge in [0, 0.05) is 0 Å².